The molecule has 3 aliphatic rings. The Kier molecular flexibility index (Phi) is 4.56. The summed E-state index contributed by atoms with van der Waals surface area (Å²) in [7, 11) is 0. The molecule has 5 unspecified atom stereocenters. The molecule has 0 bridgehead atoms. The molecule has 6 heteroatoms. The molecule has 2 N–H and O–H groups in total. The Morgan fingerprint density at radius 3 is 2.72 bits per heavy atom. The zero-order chi connectivity index (χ0) is 17.7. The molecule has 1 aromatic rings. The van der Waals surface area contributed by atoms with Crippen LogP contribution in [0, 0.1) is 17.6 Å². The smallest absolute Gasteiger partial charge is 0.129 e. The maximum Gasteiger partial charge on any atom is 0.129 e. The van der Waals surface area contributed by atoms with Gasteiger partial charge in [0.1, 0.15) is 17.7 Å². The Morgan fingerprint density at radius 1 is 1.20 bits per heavy atom. The number of likely N-dealkylation sites (tertiary alicyclic amines) is 2. The van der Waals surface area contributed by atoms with E-state index >= 15 is 0 Å². The van der Waals surface area contributed by atoms with Gasteiger partial charge in [-0.1, -0.05) is 0 Å². The van der Waals surface area contributed by atoms with Crippen LogP contribution in [0.3, 0.4) is 0 Å². The third kappa shape index (κ3) is 3.10. The second kappa shape index (κ2) is 6.58. The van der Waals surface area contributed by atoms with Crippen LogP contribution < -0.4 is 5.73 Å². The molecular weight excluding hydrogens is 324 g/mol. The number of fused-ring (bicyclic) bond motifs is 1. The van der Waals surface area contributed by atoms with Crippen LogP contribution in [-0.4, -0.2) is 60.2 Å². The fraction of sp³-hybridized carbons (Fsp3) is 0.684. The lowest BCUT2D eigenvalue weighted by atomic mass is 9.90. The Balaban J connectivity index is 1.40. The molecule has 0 saturated carbocycles. The highest BCUT2D eigenvalue weighted by Crippen LogP contribution is 2.38. The highest BCUT2D eigenvalue weighted by molar-refractivity contribution is 5.23. The van der Waals surface area contributed by atoms with Crippen LogP contribution in [-0.2, 0) is 4.74 Å². The topological polar surface area (TPSA) is 41.7 Å². The van der Waals surface area contributed by atoms with E-state index in [1.54, 1.807) is 0 Å². The predicted molar refractivity (Wildman–Crippen MR) is 92.1 cm³/mol. The normalized spacial score (nSPS) is 36.5. The summed E-state index contributed by atoms with van der Waals surface area (Å²) in [5.41, 5.74) is 6.53. The van der Waals surface area contributed by atoms with Crippen LogP contribution in [0.25, 0.3) is 0 Å². The molecule has 3 heterocycles. The van der Waals surface area contributed by atoms with Gasteiger partial charge in [-0.3, -0.25) is 9.80 Å². The van der Waals surface area contributed by atoms with Crippen molar-refractivity contribution in [1.29, 1.82) is 0 Å². The second-order valence-corrected chi connectivity index (χ2v) is 8.05. The largest absolute Gasteiger partial charge is 0.370 e. The van der Waals surface area contributed by atoms with Gasteiger partial charge >= 0.3 is 0 Å². The molecule has 0 aliphatic carbocycles. The van der Waals surface area contributed by atoms with Crippen molar-refractivity contribution in [1.82, 2.24) is 9.80 Å². The van der Waals surface area contributed by atoms with Gasteiger partial charge in [0.05, 0.1) is 6.61 Å². The van der Waals surface area contributed by atoms with Gasteiger partial charge in [-0.2, -0.15) is 0 Å². The first-order valence-corrected chi connectivity index (χ1v) is 9.26. The number of hydrogen-bond acceptors (Lipinski definition) is 4. The van der Waals surface area contributed by atoms with E-state index in [-0.39, 0.29) is 17.6 Å². The lowest BCUT2D eigenvalue weighted by Gasteiger charge is -2.46. The minimum atomic E-state index is -0.571. The van der Waals surface area contributed by atoms with Gasteiger partial charge in [-0.15, -0.1) is 0 Å². The number of benzene rings is 1. The first-order chi connectivity index (χ1) is 11.9. The highest BCUT2D eigenvalue weighted by Gasteiger charge is 2.48. The van der Waals surface area contributed by atoms with E-state index in [0.29, 0.717) is 18.7 Å². The number of hydrogen-bond donors (Lipinski definition) is 1. The summed E-state index contributed by atoms with van der Waals surface area (Å²) in [6, 6.07) is 4.65. The molecule has 3 fully saturated rings. The van der Waals surface area contributed by atoms with E-state index in [1.165, 1.54) is 12.6 Å². The van der Waals surface area contributed by atoms with Crippen molar-refractivity contribution < 1.29 is 13.5 Å². The van der Waals surface area contributed by atoms with E-state index in [1.807, 2.05) is 0 Å². The number of ether oxygens (including phenoxy) is 1. The molecule has 0 aromatic heterocycles. The van der Waals surface area contributed by atoms with E-state index in [0.717, 1.165) is 37.6 Å². The standard InChI is InChI=1S/C19H27F2N3O/c1-11(2)24-8-12-7-23(9-18(12)24)14-6-17(22)19(25-10-14)15-5-13(20)3-4-16(15)21/h3-5,11-12,14,17-19H,6-10,22H2,1-2H3. The average molecular weight is 351 g/mol. The molecule has 3 aliphatic heterocycles. The van der Waals surface area contributed by atoms with Crippen LogP contribution in [0.5, 0.6) is 0 Å². The van der Waals surface area contributed by atoms with Gasteiger partial charge in [0, 0.05) is 55.3 Å². The Labute approximate surface area is 147 Å². The van der Waals surface area contributed by atoms with Crippen molar-refractivity contribution in [3.05, 3.63) is 35.4 Å². The van der Waals surface area contributed by atoms with Crippen molar-refractivity contribution in [2.24, 2.45) is 11.7 Å². The third-order valence-electron chi connectivity index (χ3n) is 6.15. The molecule has 25 heavy (non-hydrogen) atoms. The van der Waals surface area contributed by atoms with Gasteiger partial charge in [-0.25, -0.2) is 8.78 Å². The summed E-state index contributed by atoms with van der Waals surface area (Å²) in [5, 5.41) is 0. The number of nitrogens with two attached hydrogens (primary N) is 1. The van der Waals surface area contributed by atoms with E-state index in [2.05, 4.69) is 23.6 Å². The molecule has 5 atom stereocenters. The minimum Gasteiger partial charge on any atom is -0.370 e. The first-order valence-electron chi connectivity index (χ1n) is 9.26. The summed E-state index contributed by atoms with van der Waals surface area (Å²) in [6.45, 7) is 8.34. The summed E-state index contributed by atoms with van der Waals surface area (Å²) in [6.07, 6.45) is 0.181. The van der Waals surface area contributed by atoms with Gasteiger partial charge in [0.25, 0.3) is 0 Å². The third-order valence-corrected chi connectivity index (χ3v) is 6.15. The van der Waals surface area contributed by atoms with Gasteiger partial charge < -0.3 is 10.5 Å². The number of rotatable bonds is 3. The van der Waals surface area contributed by atoms with Gasteiger partial charge in [0.15, 0.2) is 0 Å². The molecule has 3 saturated heterocycles. The zero-order valence-corrected chi connectivity index (χ0v) is 14.9. The van der Waals surface area contributed by atoms with Crippen LogP contribution in [0.15, 0.2) is 18.2 Å². The van der Waals surface area contributed by atoms with Gasteiger partial charge in [0.2, 0.25) is 0 Å². The maximum absolute atomic E-state index is 14.0. The van der Waals surface area contributed by atoms with Crippen molar-refractivity contribution in [2.75, 3.05) is 26.2 Å². The number of halogens is 2. The summed E-state index contributed by atoms with van der Waals surface area (Å²) in [4.78, 5) is 5.04. The van der Waals surface area contributed by atoms with Gasteiger partial charge in [-0.05, 0) is 38.5 Å². The molecule has 0 radical (unpaired) electrons. The molecule has 1 aromatic carbocycles. The van der Waals surface area contributed by atoms with Crippen molar-refractivity contribution in [3.63, 3.8) is 0 Å². The lowest BCUT2D eigenvalue weighted by Crippen LogP contribution is -2.58. The SMILES string of the molecule is CC(C)N1CC2CN(C3COC(c4cc(F)ccc4F)C(N)C3)CC21. The molecule has 138 valence electrons. The summed E-state index contributed by atoms with van der Waals surface area (Å²) in [5.74, 6) is -0.164. The first kappa shape index (κ1) is 17.3. The summed E-state index contributed by atoms with van der Waals surface area (Å²) < 4.78 is 33.4. The van der Waals surface area contributed by atoms with Crippen LogP contribution in [0.1, 0.15) is 31.9 Å². The number of nitrogens with zero attached hydrogens (tertiary/aromatic N) is 2. The monoisotopic (exact) mass is 351 g/mol. The van der Waals surface area contributed by atoms with Crippen LogP contribution in [0.2, 0.25) is 0 Å². The molecule has 4 nitrogen and oxygen atoms in total. The van der Waals surface area contributed by atoms with Crippen molar-refractivity contribution >= 4 is 0 Å². The maximum atomic E-state index is 14.0. The fourth-order valence-corrected chi connectivity index (χ4v) is 4.75. The second-order valence-electron chi connectivity index (χ2n) is 8.05. The highest BCUT2D eigenvalue weighted by atomic mass is 19.1. The van der Waals surface area contributed by atoms with Crippen LogP contribution in [0.4, 0.5) is 8.78 Å². The molecular formula is C19H27F2N3O. The van der Waals surface area contributed by atoms with E-state index in [4.69, 9.17) is 10.5 Å². The minimum absolute atomic E-state index is 0.235. The Morgan fingerprint density at radius 2 is 2.00 bits per heavy atom. The zero-order valence-electron chi connectivity index (χ0n) is 14.9. The Bertz CT molecular complexity index is 641. The quantitative estimate of drug-likeness (QED) is 0.906. The van der Waals surface area contributed by atoms with Crippen LogP contribution >= 0.6 is 0 Å². The predicted octanol–water partition coefficient (Wildman–Crippen LogP) is 2.15. The molecule has 4 rings (SSSR count). The molecule has 0 amide bonds. The average Bonchev–Trinajstić information content (AvgIpc) is 2.87. The van der Waals surface area contributed by atoms with Crippen molar-refractivity contribution in [3.8, 4) is 0 Å². The summed E-state index contributed by atoms with van der Waals surface area (Å²) >= 11 is 0. The molecule has 0 spiro atoms. The van der Waals surface area contributed by atoms with E-state index in [9.17, 15) is 8.78 Å². The van der Waals surface area contributed by atoms with Crippen molar-refractivity contribution in [2.45, 2.75) is 50.5 Å². The van der Waals surface area contributed by atoms with E-state index < -0.39 is 17.7 Å². The lowest BCUT2D eigenvalue weighted by molar-refractivity contribution is -0.0476. The Hall–Kier alpha value is -1.08. The fourth-order valence-electron chi connectivity index (χ4n) is 4.75.